The molecule has 0 saturated carbocycles. The molecule has 0 spiro atoms. The summed E-state index contributed by atoms with van der Waals surface area (Å²) in [5, 5.41) is 4.59. The van der Waals surface area contributed by atoms with E-state index in [4.69, 9.17) is 4.74 Å². The maximum absolute atomic E-state index is 12.7. The predicted molar refractivity (Wildman–Crippen MR) is 98.8 cm³/mol. The first-order valence-electron chi connectivity index (χ1n) is 8.16. The lowest BCUT2D eigenvalue weighted by molar-refractivity contribution is -0.118. The molecule has 0 aromatic heterocycles. The Balaban J connectivity index is 1.90. The Bertz CT molecular complexity index is 926. The zero-order valence-electron chi connectivity index (χ0n) is 14.2. The third-order valence-electron chi connectivity index (χ3n) is 3.88. The molecule has 1 amide bonds. The molecule has 0 bridgehead atoms. The van der Waals surface area contributed by atoms with Gasteiger partial charge in [0.05, 0.1) is 11.3 Å². The molecule has 0 atom stereocenters. The fourth-order valence-corrected chi connectivity index (χ4v) is 2.49. The average Bonchev–Trinajstić information content (AvgIpc) is 2.62. The second kappa shape index (κ2) is 7.18. The van der Waals surface area contributed by atoms with Crippen molar-refractivity contribution in [3.8, 4) is 5.75 Å². The minimum absolute atomic E-state index is 0.131. The number of hydrogen-bond acceptors (Lipinski definition) is 3. The van der Waals surface area contributed by atoms with Crippen molar-refractivity contribution in [3.05, 3.63) is 72.3 Å². The Kier molecular flexibility index (Phi) is 4.80. The number of fused-ring (bicyclic) bond motifs is 1. The van der Waals surface area contributed by atoms with Gasteiger partial charge in [0.2, 0.25) is 5.91 Å². The Hall–Kier alpha value is -3.14. The summed E-state index contributed by atoms with van der Waals surface area (Å²) in [6.45, 7) is 3.61. The van der Waals surface area contributed by atoms with E-state index in [9.17, 15) is 9.59 Å². The van der Waals surface area contributed by atoms with E-state index in [0.717, 1.165) is 10.8 Å². The molecule has 0 aliphatic heterocycles. The van der Waals surface area contributed by atoms with E-state index in [-0.39, 0.29) is 11.8 Å². The van der Waals surface area contributed by atoms with E-state index < -0.39 is 5.97 Å². The van der Waals surface area contributed by atoms with Crippen LogP contribution in [-0.2, 0) is 4.79 Å². The topological polar surface area (TPSA) is 55.4 Å². The van der Waals surface area contributed by atoms with Crippen LogP contribution >= 0.6 is 0 Å². The van der Waals surface area contributed by atoms with Crippen LogP contribution in [0, 0.1) is 5.92 Å². The molecule has 126 valence electrons. The normalized spacial score (nSPS) is 10.7. The highest BCUT2D eigenvalue weighted by Gasteiger charge is 2.16. The molecule has 0 radical (unpaired) electrons. The number of esters is 1. The monoisotopic (exact) mass is 333 g/mol. The second-order valence-electron chi connectivity index (χ2n) is 6.06. The maximum atomic E-state index is 12.7. The summed E-state index contributed by atoms with van der Waals surface area (Å²) < 4.78 is 5.57. The van der Waals surface area contributed by atoms with Crippen LogP contribution in [0.2, 0.25) is 0 Å². The number of rotatable bonds is 4. The smallest absolute Gasteiger partial charge is 0.344 e. The lowest BCUT2D eigenvalue weighted by Crippen LogP contribution is -2.19. The fraction of sp³-hybridized carbons (Fsp3) is 0.143. The lowest BCUT2D eigenvalue weighted by Gasteiger charge is -2.13. The number of ether oxygens (including phenoxy) is 1. The molecule has 0 unspecified atom stereocenters. The van der Waals surface area contributed by atoms with Gasteiger partial charge in [0.1, 0.15) is 0 Å². The molecule has 25 heavy (non-hydrogen) atoms. The molecular formula is C21H19NO3. The van der Waals surface area contributed by atoms with Gasteiger partial charge in [-0.1, -0.05) is 62.4 Å². The molecule has 3 aromatic carbocycles. The second-order valence-corrected chi connectivity index (χ2v) is 6.06. The standard InChI is InChI=1S/C21H19NO3/c1-14(2)20(23)22-18-12-5-6-13-19(18)25-21(24)17-11-7-9-15-8-3-4-10-16(15)17/h3-14H,1-2H3,(H,22,23). The number of hydrogen-bond donors (Lipinski definition) is 1. The number of nitrogens with one attached hydrogen (secondary N) is 1. The van der Waals surface area contributed by atoms with Gasteiger partial charge in [0.15, 0.2) is 5.75 Å². The molecule has 1 N–H and O–H groups in total. The first kappa shape index (κ1) is 16.7. The van der Waals surface area contributed by atoms with Gasteiger partial charge >= 0.3 is 5.97 Å². The van der Waals surface area contributed by atoms with Crippen LogP contribution in [0.15, 0.2) is 66.7 Å². The van der Waals surface area contributed by atoms with E-state index in [0.29, 0.717) is 17.0 Å². The molecule has 0 aliphatic rings. The molecule has 4 heteroatoms. The highest BCUT2D eigenvalue weighted by Crippen LogP contribution is 2.27. The van der Waals surface area contributed by atoms with Gasteiger partial charge in [0.25, 0.3) is 0 Å². The molecule has 3 rings (SSSR count). The highest BCUT2D eigenvalue weighted by atomic mass is 16.5. The third-order valence-corrected chi connectivity index (χ3v) is 3.88. The van der Waals surface area contributed by atoms with Crippen molar-refractivity contribution in [2.75, 3.05) is 5.32 Å². The SMILES string of the molecule is CC(C)C(=O)Nc1ccccc1OC(=O)c1cccc2ccccc12. The summed E-state index contributed by atoms with van der Waals surface area (Å²) in [6, 6.07) is 20.1. The number of para-hydroxylation sites is 2. The average molecular weight is 333 g/mol. The van der Waals surface area contributed by atoms with Gasteiger partial charge < -0.3 is 10.1 Å². The highest BCUT2D eigenvalue weighted by molar-refractivity contribution is 6.05. The molecule has 0 saturated heterocycles. The van der Waals surface area contributed by atoms with Gasteiger partial charge in [-0.25, -0.2) is 4.79 Å². The first-order valence-corrected chi connectivity index (χ1v) is 8.16. The first-order chi connectivity index (χ1) is 12.1. The lowest BCUT2D eigenvalue weighted by atomic mass is 10.0. The van der Waals surface area contributed by atoms with Crippen molar-refractivity contribution in [1.82, 2.24) is 0 Å². The van der Waals surface area contributed by atoms with Crippen molar-refractivity contribution in [2.24, 2.45) is 5.92 Å². The van der Waals surface area contributed by atoms with E-state index in [1.807, 2.05) is 36.4 Å². The van der Waals surface area contributed by atoms with Gasteiger partial charge in [-0.2, -0.15) is 0 Å². The van der Waals surface area contributed by atoms with Gasteiger partial charge in [-0.3, -0.25) is 4.79 Å². The number of carbonyl (C=O) groups is 2. The Morgan fingerprint density at radius 3 is 2.36 bits per heavy atom. The van der Waals surface area contributed by atoms with E-state index in [1.165, 1.54) is 0 Å². The van der Waals surface area contributed by atoms with Crippen LogP contribution in [0.1, 0.15) is 24.2 Å². The summed E-state index contributed by atoms with van der Waals surface area (Å²) in [6.07, 6.45) is 0. The predicted octanol–water partition coefficient (Wildman–Crippen LogP) is 4.65. The number of carbonyl (C=O) groups excluding carboxylic acids is 2. The van der Waals surface area contributed by atoms with E-state index in [1.54, 1.807) is 44.2 Å². The van der Waals surface area contributed by atoms with Gasteiger partial charge in [-0.15, -0.1) is 0 Å². The Morgan fingerprint density at radius 2 is 1.56 bits per heavy atom. The number of amides is 1. The summed E-state index contributed by atoms with van der Waals surface area (Å²) in [4.78, 5) is 24.6. The minimum atomic E-state index is -0.456. The van der Waals surface area contributed by atoms with Crippen molar-refractivity contribution in [2.45, 2.75) is 13.8 Å². The van der Waals surface area contributed by atoms with E-state index in [2.05, 4.69) is 5.32 Å². The molecular weight excluding hydrogens is 314 g/mol. The van der Waals surface area contributed by atoms with E-state index >= 15 is 0 Å². The number of benzene rings is 3. The minimum Gasteiger partial charge on any atom is -0.421 e. The summed E-state index contributed by atoms with van der Waals surface area (Å²) in [5.41, 5.74) is 0.970. The van der Waals surface area contributed by atoms with Crippen molar-refractivity contribution >= 4 is 28.3 Å². The maximum Gasteiger partial charge on any atom is 0.344 e. The van der Waals surface area contributed by atoms with Crippen molar-refractivity contribution < 1.29 is 14.3 Å². The van der Waals surface area contributed by atoms with Gasteiger partial charge in [0, 0.05) is 5.92 Å². The van der Waals surface area contributed by atoms with Crippen molar-refractivity contribution in [1.29, 1.82) is 0 Å². The Labute approximate surface area is 146 Å². The zero-order valence-corrected chi connectivity index (χ0v) is 14.2. The summed E-state index contributed by atoms with van der Waals surface area (Å²) >= 11 is 0. The van der Waals surface area contributed by atoms with Crippen molar-refractivity contribution in [3.63, 3.8) is 0 Å². The summed E-state index contributed by atoms with van der Waals surface area (Å²) in [7, 11) is 0. The Morgan fingerprint density at radius 1 is 0.880 bits per heavy atom. The molecule has 3 aromatic rings. The molecule has 0 fully saturated rings. The summed E-state index contributed by atoms with van der Waals surface area (Å²) in [5.74, 6) is -0.423. The van der Waals surface area contributed by atoms with Crippen LogP contribution in [0.25, 0.3) is 10.8 Å². The third kappa shape index (κ3) is 3.69. The number of anilines is 1. The van der Waals surface area contributed by atoms with Crippen LogP contribution in [0.4, 0.5) is 5.69 Å². The van der Waals surface area contributed by atoms with Gasteiger partial charge in [-0.05, 0) is 29.0 Å². The van der Waals surface area contributed by atoms with Crippen LogP contribution in [0.3, 0.4) is 0 Å². The van der Waals surface area contributed by atoms with Crippen LogP contribution < -0.4 is 10.1 Å². The molecule has 0 heterocycles. The zero-order chi connectivity index (χ0) is 17.8. The fourth-order valence-electron chi connectivity index (χ4n) is 2.49. The van der Waals surface area contributed by atoms with Crippen LogP contribution in [0.5, 0.6) is 5.75 Å². The quantitative estimate of drug-likeness (QED) is 0.558. The molecule has 0 aliphatic carbocycles. The van der Waals surface area contributed by atoms with Crippen LogP contribution in [-0.4, -0.2) is 11.9 Å². The largest absolute Gasteiger partial charge is 0.421 e. The molecule has 4 nitrogen and oxygen atoms in total.